The maximum absolute atomic E-state index is 5.82. The fourth-order valence-electron chi connectivity index (χ4n) is 1.06. The maximum atomic E-state index is 5.82. The van der Waals surface area contributed by atoms with Crippen molar-refractivity contribution in [2.24, 2.45) is 0 Å². The zero-order valence-electron chi connectivity index (χ0n) is 8.11. The molecule has 0 spiro atoms. The van der Waals surface area contributed by atoms with Crippen LogP contribution in [0.2, 0.25) is 5.02 Å². The van der Waals surface area contributed by atoms with Gasteiger partial charge in [-0.2, -0.15) is 0 Å². The van der Waals surface area contributed by atoms with Crippen LogP contribution in [0.15, 0.2) is 30.6 Å². The number of aromatic nitrogens is 3. The first-order valence-corrected chi connectivity index (χ1v) is 4.81. The first kappa shape index (κ1) is 9.86. The largest absolute Gasteiger partial charge is 0.309 e. The first-order valence-electron chi connectivity index (χ1n) is 4.43. The summed E-state index contributed by atoms with van der Waals surface area (Å²) in [6, 6.07) is 5.57. The molecular weight excluding hydrogens is 212 g/mol. The lowest BCUT2D eigenvalue weighted by Crippen LogP contribution is -1.99. The second-order valence-corrected chi connectivity index (χ2v) is 3.37. The predicted molar refractivity (Wildman–Crippen MR) is 59.3 cm³/mol. The van der Waals surface area contributed by atoms with E-state index in [4.69, 9.17) is 11.6 Å². The summed E-state index contributed by atoms with van der Waals surface area (Å²) in [5, 5.41) is 3.54. The Kier molecular flexibility index (Phi) is 2.78. The van der Waals surface area contributed by atoms with Crippen molar-refractivity contribution in [3.63, 3.8) is 0 Å². The molecule has 15 heavy (non-hydrogen) atoms. The van der Waals surface area contributed by atoms with Crippen molar-refractivity contribution in [1.82, 2.24) is 15.0 Å². The van der Waals surface area contributed by atoms with E-state index in [0.717, 1.165) is 5.69 Å². The summed E-state index contributed by atoms with van der Waals surface area (Å²) >= 11 is 5.82. The molecule has 2 heterocycles. The molecule has 2 rings (SSSR count). The van der Waals surface area contributed by atoms with Gasteiger partial charge in [0.25, 0.3) is 0 Å². The Morgan fingerprint density at radius 3 is 2.80 bits per heavy atom. The predicted octanol–water partition coefficient (Wildman–Crippen LogP) is 2.58. The Bertz CT molecular complexity index is 458. The van der Waals surface area contributed by atoms with E-state index in [1.807, 2.05) is 25.1 Å². The van der Waals surface area contributed by atoms with Crippen molar-refractivity contribution in [1.29, 1.82) is 0 Å². The van der Waals surface area contributed by atoms with Crippen LogP contribution in [-0.4, -0.2) is 15.0 Å². The van der Waals surface area contributed by atoms with Crippen LogP contribution < -0.4 is 5.32 Å². The number of anilines is 2. The summed E-state index contributed by atoms with van der Waals surface area (Å²) in [6.07, 6.45) is 3.26. The van der Waals surface area contributed by atoms with Gasteiger partial charge in [-0.05, 0) is 19.1 Å². The van der Waals surface area contributed by atoms with E-state index in [1.54, 1.807) is 12.4 Å². The number of aryl methyl sites for hydroxylation is 1. The fraction of sp³-hybridized carbons (Fsp3) is 0.100. The number of nitrogens with zero attached hydrogens (tertiary/aromatic N) is 3. The smallest absolute Gasteiger partial charge is 0.228 e. The standard InChI is InChI=1S/C10H9ClN4/c1-7-8(11)6-13-10(14-7)15-9-4-2-3-5-12-9/h2-6H,1H3,(H,12,13,14,15). The highest BCUT2D eigenvalue weighted by molar-refractivity contribution is 6.31. The number of halogens is 1. The van der Waals surface area contributed by atoms with Crippen LogP contribution in [0.3, 0.4) is 0 Å². The molecule has 2 aromatic rings. The molecule has 0 aromatic carbocycles. The molecule has 0 aliphatic rings. The van der Waals surface area contributed by atoms with Gasteiger partial charge >= 0.3 is 0 Å². The highest BCUT2D eigenvalue weighted by Crippen LogP contribution is 2.14. The van der Waals surface area contributed by atoms with Gasteiger partial charge in [-0.25, -0.2) is 15.0 Å². The highest BCUT2D eigenvalue weighted by atomic mass is 35.5. The molecular formula is C10H9ClN4. The molecule has 0 fully saturated rings. The van der Waals surface area contributed by atoms with Crippen LogP contribution in [0.1, 0.15) is 5.69 Å². The summed E-state index contributed by atoms with van der Waals surface area (Å²) in [4.78, 5) is 12.3. The van der Waals surface area contributed by atoms with Crippen molar-refractivity contribution in [3.05, 3.63) is 41.3 Å². The van der Waals surface area contributed by atoms with E-state index < -0.39 is 0 Å². The lowest BCUT2D eigenvalue weighted by molar-refractivity contribution is 1.10. The van der Waals surface area contributed by atoms with E-state index in [-0.39, 0.29) is 0 Å². The lowest BCUT2D eigenvalue weighted by Gasteiger charge is -2.04. The Morgan fingerprint density at radius 1 is 1.27 bits per heavy atom. The fourth-order valence-corrected chi connectivity index (χ4v) is 1.15. The average Bonchev–Trinajstić information content (AvgIpc) is 2.25. The summed E-state index contributed by atoms with van der Waals surface area (Å²) in [7, 11) is 0. The molecule has 5 heteroatoms. The van der Waals surface area contributed by atoms with Gasteiger partial charge in [-0.15, -0.1) is 0 Å². The van der Waals surface area contributed by atoms with Crippen molar-refractivity contribution in [2.45, 2.75) is 6.92 Å². The summed E-state index contributed by atoms with van der Waals surface area (Å²) in [5.74, 6) is 1.20. The molecule has 2 aromatic heterocycles. The molecule has 1 N–H and O–H groups in total. The Labute approximate surface area is 92.4 Å². The average molecular weight is 221 g/mol. The minimum absolute atomic E-state index is 0.496. The minimum atomic E-state index is 0.496. The molecule has 0 amide bonds. The van der Waals surface area contributed by atoms with Crippen LogP contribution in [0.25, 0.3) is 0 Å². The van der Waals surface area contributed by atoms with Gasteiger partial charge in [0.1, 0.15) is 5.82 Å². The number of pyridine rings is 1. The molecule has 0 aliphatic carbocycles. The van der Waals surface area contributed by atoms with Crippen molar-refractivity contribution in [2.75, 3.05) is 5.32 Å². The van der Waals surface area contributed by atoms with E-state index >= 15 is 0 Å². The van der Waals surface area contributed by atoms with Crippen LogP contribution in [0, 0.1) is 6.92 Å². The van der Waals surface area contributed by atoms with E-state index in [2.05, 4.69) is 20.3 Å². The van der Waals surface area contributed by atoms with Crippen molar-refractivity contribution < 1.29 is 0 Å². The van der Waals surface area contributed by atoms with Crippen LogP contribution in [-0.2, 0) is 0 Å². The van der Waals surface area contributed by atoms with Gasteiger partial charge in [0.2, 0.25) is 5.95 Å². The summed E-state index contributed by atoms with van der Waals surface area (Å²) in [6.45, 7) is 1.83. The third-order valence-electron chi connectivity index (χ3n) is 1.82. The normalized spacial score (nSPS) is 10.0. The molecule has 0 aliphatic heterocycles. The Balaban J connectivity index is 2.22. The van der Waals surface area contributed by atoms with E-state index in [9.17, 15) is 0 Å². The second-order valence-electron chi connectivity index (χ2n) is 2.97. The SMILES string of the molecule is Cc1nc(Nc2ccccn2)ncc1Cl. The van der Waals surface area contributed by atoms with Gasteiger partial charge in [-0.3, -0.25) is 0 Å². The maximum Gasteiger partial charge on any atom is 0.228 e. The topological polar surface area (TPSA) is 50.7 Å². The first-order chi connectivity index (χ1) is 7.25. The second kappa shape index (κ2) is 4.23. The van der Waals surface area contributed by atoms with Gasteiger partial charge in [0.15, 0.2) is 0 Å². The third kappa shape index (κ3) is 2.41. The molecule has 0 saturated heterocycles. The van der Waals surface area contributed by atoms with Crippen LogP contribution in [0.5, 0.6) is 0 Å². The summed E-state index contributed by atoms with van der Waals surface area (Å²) in [5.41, 5.74) is 0.741. The zero-order valence-corrected chi connectivity index (χ0v) is 8.86. The number of nitrogens with one attached hydrogen (secondary N) is 1. The highest BCUT2D eigenvalue weighted by Gasteiger charge is 2.01. The Morgan fingerprint density at radius 2 is 2.13 bits per heavy atom. The molecule has 0 saturated carbocycles. The number of hydrogen-bond donors (Lipinski definition) is 1. The van der Waals surface area contributed by atoms with E-state index in [1.165, 1.54) is 0 Å². The molecule has 0 bridgehead atoms. The summed E-state index contributed by atoms with van der Waals surface area (Å²) < 4.78 is 0. The lowest BCUT2D eigenvalue weighted by atomic mass is 10.4. The number of rotatable bonds is 2. The third-order valence-corrected chi connectivity index (χ3v) is 2.20. The van der Waals surface area contributed by atoms with Crippen molar-refractivity contribution in [3.8, 4) is 0 Å². The van der Waals surface area contributed by atoms with Gasteiger partial charge < -0.3 is 5.32 Å². The van der Waals surface area contributed by atoms with Crippen LogP contribution >= 0.6 is 11.6 Å². The van der Waals surface area contributed by atoms with Gasteiger partial charge in [0, 0.05) is 6.20 Å². The Hall–Kier alpha value is -1.68. The molecule has 4 nitrogen and oxygen atoms in total. The minimum Gasteiger partial charge on any atom is -0.309 e. The number of hydrogen-bond acceptors (Lipinski definition) is 4. The molecule has 76 valence electrons. The molecule has 0 atom stereocenters. The van der Waals surface area contributed by atoms with Crippen molar-refractivity contribution >= 4 is 23.4 Å². The quantitative estimate of drug-likeness (QED) is 0.845. The van der Waals surface area contributed by atoms with Gasteiger partial charge in [-0.1, -0.05) is 17.7 Å². The van der Waals surface area contributed by atoms with Crippen LogP contribution in [0.4, 0.5) is 11.8 Å². The monoisotopic (exact) mass is 220 g/mol. The van der Waals surface area contributed by atoms with Gasteiger partial charge in [0.05, 0.1) is 16.9 Å². The zero-order chi connectivity index (χ0) is 10.7. The molecule has 0 radical (unpaired) electrons. The van der Waals surface area contributed by atoms with E-state index in [0.29, 0.717) is 16.8 Å². The molecule has 0 unspecified atom stereocenters.